The van der Waals surface area contributed by atoms with Gasteiger partial charge in [0.15, 0.2) is 0 Å². The third-order valence-electron chi connectivity index (χ3n) is 13.9. The van der Waals surface area contributed by atoms with Crippen molar-refractivity contribution in [2.75, 3.05) is 4.90 Å². The fourth-order valence-corrected chi connectivity index (χ4v) is 10.8. The van der Waals surface area contributed by atoms with Gasteiger partial charge in [-0.1, -0.05) is 166 Å². The van der Waals surface area contributed by atoms with Crippen LogP contribution >= 0.6 is 0 Å². The molecule has 2 heterocycles. The van der Waals surface area contributed by atoms with Crippen LogP contribution in [0.25, 0.3) is 88.0 Å². The summed E-state index contributed by atoms with van der Waals surface area (Å²) in [4.78, 5) is 2.44. The zero-order chi connectivity index (χ0) is 42.5. The minimum absolute atomic E-state index is 0.0790. The largest absolute Gasteiger partial charge is 0.310 e. The number of nitrogens with zero attached hydrogens (tertiary/aromatic N) is 3. The summed E-state index contributed by atoms with van der Waals surface area (Å²) in [6.45, 7) is 4.70. The van der Waals surface area contributed by atoms with Gasteiger partial charge in [0, 0.05) is 55.4 Å². The van der Waals surface area contributed by atoms with E-state index < -0.39 is 0 Å². The number of aromatic nitrogens is 2. The summed E-state index contributed by atoms with van der Waals surface area (Å²) in [5.41, 5.74) is 18.0. The molecule has 0 amide bonds. The van der Waals surface area contributed by atoms with Crippen LogP contribution in [0.1, 0.15) is 25.0 Å². The van der Waals surface area contributed by atoms with Crippen LogP contribution in [0.4, 0.5) is 17.1 Å². The van der Waals surface area contributed by atoms with Crippen molar-refractivity contribution in [3.63, 3.8) is 0 Å². The van der Waals surface area contributed by atoms with Crippen molar-refractivity contribution >= 4 is 71.4 Å². The maximum absolute atomic E-state index is 2.48. The molecule has 10 aromatic carbocycles. The minimum Gasteiger partial charge on any atom is -0.310 e. The molecule has 0 fully saturated rings. The molecule has 0 unspecified atom stereocenters. The van der Waals surface area contributed by atoms with Gasteiger partial charge in [-0.25, -0.2) is 0 Å². The lowest BCUT2D eigenvalue weighted by molar-refractivity contribution is 0.660. The Hall–Kier alpha value is -8.14. The van der Waals surface area contributed by atoms with E-state index in [-0.39, 0.29) is 5.41 Å². The van der Waals surface area contributed by atoms with E-state index in [1.165, 1.54) is 76.7 Å². The van der Waals surface area contributed by atoms with Gasteiger partial charge >= 0.3 is 0 Å². The molecule has 64 heavy (non-hydrogen) atoms. The second-order valence-electron chi connectivity index (χ2n) is 17.8. The topological polar surface area (TPSA) is 13.1 Å². The van der Waals surface area contributed by atoms with Gasteiger partial charge < -0.3 is 14.0 Å². The predicted octanol–water partition coefficient (Wildman–Crippen LogP) is 16.5. The first kappa shape index (κ1) is 36.5. The van der Waals surface area contributed by atoms with Crippen LogP contribution in [0.2, 0.25) is 0 Å². The Morgan fingerprint density at radius 3 is 1.62 bits per heavy atom. The summed E-state index contributed by atoms with van der Waals surface area (Å²) in [7, 11) is 0. The lowest BCUT2D eigenvalue weighted by Crippen LogP contribution is -2.15. The third-order valence-corrected chi connectivity index (χ3v) is 13.9. The molecule has 0 N–H and O–H groups in total. The molecule has 2 aromatic heterocycles. The van der Waals surface area contributed by atoms with Crippen LogP contribution < -0.4 is 4.90 Å². The lowest BCUT2D eigenvalue weighted by atomic mass is 9.82. The second-order valence-corrected chi connectivity index (χ2v) is 17.8. The summed E-state index contributed by atoms with van der Waals surface area (Å²) >= 11 is 0. The van der Waals surface area contributed by atoms with Gasteiger partial charge in [0.2, 0.25) is 0 Å². The highest BCUT2D eigenvalue weighted by Gasteiger charge is 2.35. The molecule has 0 saturated heterocycles. The van der Waals surface area contributed by atoms with Gasteiger partial charge in [0.05, 0.1) is 22.1 Å². The zero-order valence-corrected chi connectivity index (χ0v) is 35.7. The fraction of sp³-hybridized carbons (Fsp3) is 0.0492. The van der Waals surface area contributed by atoms with Crippen LogP contribution in [0.15, 0.2) is 224 Å². The SMILES string of the molecule is CC1(C)c2ccccc2-c2cc(N(c3ccc(-c4ccccc4)cc3)c3ccc4c5ccc(-n6c7ccccc7c7ccccc76)cc5n(-c5ccc6ccccc6c5)c4c3)ccc21. The van der Waals surface area contributed by atoms with E-state index in [4.69, 9.17) is 0 Å². The molecule has 0 spiro atoms. The lowest BCUT2D eigenvalue weighted by Gasteiger charge is -2.27. The molecule has 0 aliphatic heterocycles. The van der Waals surface area contributed by atoms with Crippen LogP contribution in [0.5, 0.6) is 0 Å². The zero-order valence-electron chi connectivity index (χ0n) is 35.7. The molecule has 302 valence electrons. The first-order valence-corrected chi connectivity index (χ1v) is 22.3. The van der Waals surface area contributed by atoms with Gasteiger partial charge in [0.1, 0.15) is 0 Å². The molecule has 0 saturated carbocycles. The van der Waals surface area contributed by atoms with E-state index in [1.54, 1.807) is 0 Å². The van der Waals surface area contributed by atoms with Crippen molar-refractivity contribution in [3.05, 3.63) is 236 Å². The maximum atomic E-state index is 2.48. The summed E-state index contributed by atoms with van der Waals surface area (Å²) in [6, 6.07) is 82.8. The number of anilines is 3. The monoisotopic (exact) mass is 817 g/mol. The first-order valence-electron chi connectivity index (χ1n) is 22.3. The number of fused-ring (bicyclic) bond motifs is 10. The van der Waals surface area contributed by atoms with Crippen molar-refractivity contribution in [2.24, 2.45) is 0 Å². The average Bonchev–Trinajstić information content (AvgIpc) is 3.94. The Morgan fingerprint density at radius 2 is 0.844 bits per heavy atom. The Balaban J connectivity index is 1.06. The van der Waals surface area contributed by atoms with E-state index in [0.29, 0.717) is 0 Å². The maximum Gasteiger partial charge on any atom is 0.0561 e. The Labute approximate surface area is 372 Å². The van der Waals surface area contributed by atoms with E-state index in [2.05, 4.69) is 252 Å². The number of hydrogen-bond acceptors (Lipinski definition) is 1. The van der Waals surface area contributed by atoms with E-state index >= 15 is 0 Å². The smallest absolute Gasteiger partial charge is 0.0561 e. The molecular formula is C61H43N3. The summed E-state index contributed by atoms with van der Waals surface area (Å²) in [5.74, 6) is 0. The molecule has 13 rings (SSSR count). The number of rotatable bonds is 6. The van der Waals surface area contributed by atoms with Gasteiger partial charge in [0.25, 0.3) is 0 Å². The van der Waals surface area contributed by atoms with Crippen LogP contribution in [-0.4, -0.2) is 9.13 Å². The van der Waals surface area contributed by atoms with Crippen LogP contribution in [-0.2, 0) is 5.41 Å². The van der Waals surface area contributed by atoms with E-state index in [9.17, 15) is 0 Å². The van der Waals surface area contributed by atoms with Gasteiger partial charge in [-0.15, -0.1) is 0 Å². The van der Waals surface area contributed by atoms with Crippen LogP contribution in [0, 0.1) is 0 Å². The van der Waals surface area contributed by atoms with Gasteiger partial charge in [-0.2, -0.15) is 0 Å². The average molecular weight is 818 g/mol. The molecule has 1 aliphatic rings. The normalized spacial score (nSPS) is 13.0. The quantitative estimate of drug-likeness (QED) is 0.163. The van der Waals surface area contributed by atoms with Gasteiger partial charge in [-0.05, 0) is 117 Å². The van der Waals surface area contributed by atoms with Crippen molar-refractivity contribution in [3.8, 4) is 33.6 Å². The predicted molar refractivity (Wildman–Crippen MR) is 270 cm³/mol. The molecule has 12 aromatic rings. The van der Waals surface area contributed by atoms with Gasteiger partial charge in [-0.3, -0.25) is 0 Å². The molecule has 3 heteroatoms. The molecule has 0 radical (unpaired) electrons. The highest BCUT2D eigenvalue weighted by molar-refractivity contribution is 6.13. The minimum atomic E-state index is -0.0790. The van der Waals surface area contributed by atoms with E-state index in [1.807, 2.05) is 0 Å². The number of benzene rings is 10. The molecule has 3 nitrogen and oxygen atoms in total. The summed E-state index contributed by atoms with van der Waals surface area (Å²) < 4.78 is 4.90. The van der Waals surface area contributed by atoms with Crippen molar-refractivity contribution in [1.29, 1.82) is 0 Å². The van der Waals surface area contributed by atoms with E-state index in [0.717, 1.165) is 39.5 Å². The summed E-state index contributed by atoms with van der Waals surface area (Å²) in [6.07, 6.45) is 0. The number of hydrogen-bond donors (Lipinski definition) is 0. The Morgan fingerprint density at radius 1 is 0.328 bits per heavy atom. The molecule has 0 atom stereocenters. The third kappa shape index (κ3) is 5.47. The first-order chi connectivity index (χ1) is 31.5. The molecule has 1 aliphatic carbocycles. The second kappa shape index (κ2) is 13.9. The van der Waals surface area contributed by atoms with Crippen molar-refractivity contribution < 1.29 is 0 Å². The number of para-hydroxylation sites is 2. The highest BCUT2D eigenvalue weighted by atomic mass is 15.1. The van der Waals surface area contributed by atoms with Crippen molar-refractivity contribution in [1.82, 2.24) is 9.13 Å². The van der Waals surface area contributed by atoms with Crippen LogP contribution in [0.3, 0.4) is 0 Å². The molecular weight excluding hydrogens is 775 g/mol. The Bertz CT molecular complexity index is 3760. The highest BCUT2D eigenvalue weighted by Crippen LogP contribution is 2.51. The van der Waals surface area contributed by atoms with Crippen molar-refractivity contribution in [2.45, 2.75) is 19.3 Å². The fourth-order valence-electron chi connectivity index (χ4n) is 10.8. The molecule has 0 bridgehead atoms. The Kier molecular flexibility index (Phi) is 7.95. The summed E-state index contributed by atoms with van der Waals surface area (Å²) in [5, 5.41) is 7.39. The standard InChI is InChI=1S/C61H43N3/c1-61(2)55-21-11-8-18-49(55)54-37-46(32-35-56(54)61)62(44-27-24-42(25-28-44)40-14-4-3-5-15-40)47-30-33-52-53-34-31-48(63-57-22-12-9-19-50(57)51-20-10-13-23-58(51)63)39-60(53)64(59(52)38-47)45-29-26-41-16-6-7-17-43(41)36-45/h3-39H,1-2H3.